The van der Waals surface area contributed by atoms with Gasteiger partial charge in [-0.05, 0) is 30.8 Å². The average molecular weight is 185 g/mol. The van der Waals surface area contributed by atoms with Crippen LogP contribution in [-0.4, -0.2) is 13.1 Å². The molecule has 0 aliphatic carbocycles. The van der Waals surface area contributed by atoms with Crippen LogP contribution in [0.1, 0.15) is 47.5 Å². The summed E-state index contributed by atoms with van der Waals surface area (Å²) in [6.45, 7) is 13.8. The number of nitrogens with one attached hydrogen (secondary N) is 1. The van der Waals surface area contributed by atoms with Gasteiger partial charge in [-0.1, -0.05) is 47.5 Å². The molecular formula is C12H27N. The lowest BCUT2D eigenvalue weighted by atomic mass is 9.97. The Hall–Kier alpha value is -0.0400. The lowest BCUT2D eigenvalue weighted by Crippen LogP contribution is -2.28. The number of hydrogen-bond donors (Lipinski definition) is 1. The third kappa shape index (κ3) is 6.09. The summed E-state index contributed by atoms with van der Waals surface area (Å²) in [5.41, 5.74) is 0. The van der Waals surface area contributed by atoms with Crippen molar-refractivity contribution < 1.29 is 0 Å². The van der Waals surface area contributed by atoms with Gasteiger partial charge in [0.1, 0.15) is 0 Å². The fourth-order valence-corrected chi connectivity index (χ4v) is 1.33. The molecule has 1 unspecified atom stereocenters. The Bertz CT molecular complexity index is 104. The van der Waals surface area contributed by atoms with Gasteiger partial charge in [0, 0.05) is 0 Å². The minimum absolute atomic E-state index is 0.800. The van der Waals surface area contributed by atoms with Crippen LogP contribution in [0.25, 0.3) is 0 Å². The van der Waals surface area contributed by atoms with Crippen LogP contribution in [0.5, 0.6) is 0 Å². The lowest BCUT2D eigenvalue weighted by Gasteiger charge is -2.18. The van der Waals surface area contributed by atoms with E-state index in [9.17, 15) is 0 Å². The first-order chi connectivity index (χ1) is 6.11. The molecule has 0 aromatic heterocycles. The fraction of sp³-hybridized carbons (Fsp3) is 1.00. The van der Waals surface area contributed by atoms with Gasteiger partial charge in [0.25, 0.3) is 0 Å². The highest BCUT2D eigenvalue weighted by Gasteiger charge is 2.07. The summed E-state index contributed by atoms with van der Waals surface area (Å²) < 4.78 is 0. The molecular weight excluding hydrogens is 158 g/mol. The molecule has 0 saturated carbocycles. The Morgan fingerprint density at radius 2 is 1.46 bits per heavy atom. The van der Waals surface area contributed by atoms with Gasteiger partial charge in [0.2, 0.25) is 0 Å². The van der Waals surface area contributed by atoms with Crippen LogP contribution in [0.2, 0.25) is 0 Å². The summed E-state index contributed by atoms with van der Waals surface area (Å²) in [5.74, 6) is 2.47. The Morgan fingerprint density at radius 3 is 1.85 bits per heavy atom. The van der Waals surface area contributed by atoms with Crippen molar-refractivity contribution in [1.29, 1.82) is 0 Å². The molecule has 80 valence electrons. The van der Waals surface area contributed by atoms with E-state index in [-0.39, 0.29) is 0 Å². The molecule has 0 aromatic rings. The first-order valence-corrected chi connectivity index (χ1v) is 5.82. The lowest BCUT2D eigenvalue weighted by molar-refractivity contribution is 0.366. The monoisotopic (exact) mass is 185 g/mol. The van der Waals surface area contributed by atoms with Gasteiger partial charge in [0.15, 0.2) is 0 Å². The molecule has 0 spiro atoms. The van der Waals surface area contributed by atoms with E-state index >= 15 is 0 Å². The summed E-state index contributed by atoms with van der Waals surface area (Å²) in [7, 11) is 0. The zero-order valence-corrected chi connectivity index (χ0v) is 10.1. The predicted octanol–water partition coefficient (Wildman–Crippen LogP) is 3.30. The smallest absolute Gasteiger partial charge is 0.00206 e. The molecule has 0 amide bonds. The zero-order chi connectivity index (χ0) is 10.3. The Balaban J connectivity index is 3.43. The van der Waals surface area contributed by atoms with Crippen molar-refractivity contribution in [1.82, 2.24) is 5.32 Å². The molecule has 1 N–H and O–H groups in total. The van der Waals surface area contributed by atoms with Gasteiger partial charge in [-0.15, -0.1) is 0 Å². The van der Waals surface area contributed by atoms with E-state index in [0.717, 1.165) is 17.8 Å². The molecule has 0 saturated heterocycles. The van der Waals surface area contributed by atoms with E-state index in [2.05, 4.69) is 39.9 Å². The molecule has 0 aromatic carbocycles. The van der Waals surface area contributed by atoms with Gasteiger partial charge in [-0.25, -0.2) is 0 Å². The van der Waals surface area contributed by atoms with E-state index in [1.165, 1.54) is 25.9 Å². The van der Waals surface area contributed by atoms with E-state index in [1.807, 2.05) is 0 Å². The topological polar surface area (TPSA) is 12.0 Å². The van der Waals surface area contributed by atoms with Crippen LogP contribution in [-0.2, 0) is 0 Å². The third-order valence-electron chi connectivity index (χ3n) is 3.19. The van der Waals surface area contributed by atoms with Crippen LogP contribution < -0.4 is 5.32 Å². The Morgan fingerprint density at radius 1 is 0.923 bits per heavy atom. The molecule has 1 heteroatoms. The number of rotatable bonds is 7. The fourth-order valence-electron chi connectivity index (χ4n) is 1.33. The van der Waals surface area contributed by atoms with Gasteiger partial charge in [-0.3, -0.25) is 0 Å². The highest BCUT2D eigenvalue weighted by Crippen LogP contribution is 2.09. The second-order valence-corrected chi connectivity index (χ2v) is 4.56. The van der Waals surface area contributed by atoms with Gasteiger partial charge < -0.3 is 5.32 Å². The van der Waals surface area contributed by atoms with Gasteiger partial charge >= 0.3 is 0 Å². The third-order valence-corrected chi connectivity index (χ3v) is 3.19. The van der Waals surface area contributed by atoms with Gasteiger partial charge in [0.05, 0.1) is 0 Å². The maximum Gasteiger partial charge on any atom is -0.00206 e. The highest BCUT2D eigenvalue weighted by atomic mass is 14.9. The summed E-state index contributed by atoms with van der Waals surface area (Å²) in [6, 6.07) is 0. The molecule has 0 aliphatic heterocycles. The standard InChI is InChI=1S/C12H27N/c1-6-12(7-2)9-13-8-11(5)10(3)4/h10-13H,6-9H2,1-5H3. The second-order valence-electron chi connectivity index (χ2n) is 4.56. The molecule has 0 rings (SSSR count). The van der Waals surface area contributed by atoms with Crippen LogP contribution in [0.4, 0.5) is 0 Å². The van der Waals surface area contributed by atoms with E-state index in [1.54, 1.807) is 0 Å². The van der Waals surface area contributed by atoms with E-state index < -0.39 is 0 Å². The van der Waals surface area contributed by atoms with Crippen molar-refractivity contribution in [2.24, 2.45) is 17.8 Å². The molecule has 1 nitrogen and oxygen atoms in total. The SMILES string of the molecule is CCC(CC)CNCC(C)C(C)C. The van der Waals surface area contributed by atoms with Crippen molar-refractivity contribution in [2.75, 3.05) is 13.1 Å². The maximum atomic E-state index is 3.57. The Labute approximate surface area is 84.3 Å². The molecule has 1 atom stereocenters. The molecule has 0 fully saturated rings. The average Bonchev–Trinajstić information content (AvgIpc) is 2.12. The number of hydrogen-bond acceptors (Lipinski definition) is 1. The van der Waals surface area contributed by atoms with Crippen molar-refractivity contribution in [3.05, 3.63) is 0 Å². The van der Waals surface area contributed by atoms with E-state index in [0.29, 0.717) is 0 Å². The van der Waals surface area contributed by atoms with Crippen LogP contribution in [0.15, 0.2) is 0 Å². The van der Waals surface area contributed by atoms with Crippen molar-refractivity contribution in [3.63, 3.8) is 0 Å². The van der Waals surface area contributed by atoms with E-state index in [4.69, 9.17) is 0 Å². The van der Waals surface area contributed by atoms with Crippen molar-refractivity contribution in [2.45, 2.75) is 47.5 Å². The largest absolute Gasteiger partial charge is 0.316 e. The zero-order valence-electron chi connectivity index (χ0n) is 10.1. The molecule has 0 radical (unpaired) electrons. The Kier molecular flexibility index (Phi) is 7.35. The van der Waals surface area contributed by atoms with Crippen LogP contribution >= 0.6 is 0 Å². The minimum Gasteiger partial charge on any atom is -0.316 e. The predicted molar refractivity (Wildman–Crippen MR) is 60.9 cm³/mol. The molecule has 0 heterocycles. The second kappa shape index (κ2) is 7.37. The first kappa shape index (κ1) is 13.0. The maximum absolute atomic E-state index is 3.57. The van der Waals surface area contributed by atoms with Crippen molar-refractivity contribution in [3.8, 4) is 0 Å². The quantitative estimate of drug-likeness (QED) is 0.641. The minimum atomic E-state index is 0.800. The molecule has 0 aliphatic rings. The van der Waals surface area contributed by atoms with Crippen molar-refractivity contribution >= 4 is 0 Å². The highest BCUT2D eigenvalue weighted by molar-refractivity contribution is 4.63. The summed E-state index contributed by atoms with van der Waals surface area (Å²) in [6.07, 6.45) is 2.61. The molecule has 0 bridgehead atoms. The summed E-state index contributed by atoms with van der Waals surface area (Å²) >= 11 is 0. The normalized spacial score (nSPS) is 14.1. The van der Waals surface area contributed by atoms with Crippen LogP contribution in [0.3, 0.4) is 0 Å². The molecule has 13 heavy (non-hydrogen) atoms. The van der Waals surface area contributed by atoms with Gasteiger partial charge in [-0.2, -0.15) is 0 Å². The summed E-state index contributed by atoms with van der Waals surface area (Å²) in [5, 5.41) is 3.57. The first-order valence-electron chi connectivity index (χ1n) is 5.82. The summed E-state index contributed by atoms with van der Waals surface area (Å²) in [4.78, 5) is 0. The van der Waals surface area contributed by atoms with Crippen LogP contribution in [0, 0.1) is 17.8 Å².